The molecule has 0 amide bonds. The summed E-state index contributed by atoms with van der Waals surface area (Å²) in [6, 6.07) is 2.04. The Morgan fingerprint density at radius 2 is 2.07 bits per heavy atom. The lowest BCUT2D eigenvalue weighted by Crippen LogP contribution is -2.04. The number of aryl methyl sites for hydroxylation is 1. The second-order valence-corrected chi connectivity index (χ2v) is 3.42. The third-order valence-electron chi connectivity index (χ3n) is 2.07. The fourth-order valence-corrected chi connectivity index (χ4v) is 1.28. The number of hydrogen-bond acceptors (Lipinski definition) is 3. The highest BCUT2D eigenvalue weighted by atomic mass is 15.0. The first-order chi connectivity index (χ1) is 6.86. The molecule has 0 spiro atoms. The zero-order chi connectivity index (χ0) is 10.2. The lowest BCUT2D eigenvalue weighted by atomic mass is 10.2. The van der Waals surface area contributed by atoms with Crippen LogP contribution in [0, 0.1) is 0 Å². The summed E-state index contributed by atoms with van der Waals surface area (Å²) in [4.78, 5) is 8.38. The van der Waals surface area contributed by atoms with Gasteiger partial charge in [0.2, 0.25) is 0 Å². The fraction of sp³-hybridized carbons (Fsp3) is 0.636. The van der Waals surface area contributed by atoms with E-state index in [1.807, 2.05) is 6.07 Å². The Bertz CT molecular complexity index is 260. The quantitative estimate of drug-likeness (QED) is 0.706. The highest BCUT2D eigenvalue weighted by Gasteiger charge is 1.96. The minimum absolute atomic E-state index is 0.955. The molecule has 0 aliphatic carbocycles. The number of unbranched alkanes of at least 4 members (excludes halogenated alkanes) is 1. The maximum atomic E-state index is 4.21. The van der Waals surface area contributed by atoms with Crippen LogP contribution >= 0.6 is 0 Å². The van der Waals surface area contributed by atoms with Crippen molar-refractivity contribution in [2.75, 3.05) is 11.9 Å². The van der Waals surface area contributed by atoms with Gasteiger partial charge in [-0.25, -0.2) is 9.97 Å². The van der Waals surface area contributed by atoms with Crippen LogP contribution in [0.2, 0.25) is 0 Å². The van der Waals surface area contributed by atoms with E-state index in [0.717, 1.165) is 30.9 Å². The molecule has 0 radical (unpaired) electrons. The van der Waals surface area contributed by atoms with Gasteiger partial charge in [-0.2, -0.15) is 0 Å². The molecule has 0 fully saturated rings. The van der Waals surface area contributed by atoms with Crippen LogP contribution in [0.3, 0.4) is 0 Å². The maximum Gasteiger partial charge on any atom is 0.129 e. The van der Waals surface area contributed by atoms with Gasteiger partial charge in [-0.3, -0.25) is 0 Å². The van der Waals surface area contributed by atoms with Crippen LogP contribution in [-0.4, -0.2) is 16.5 Å². The van der Waals surface area contributed by atoms with E-state index in [0.29, 0.717) is 0 Å². The van der Waals surface area contributed by atoms with Crippen LogP contribution in [0.5, 0.6) is 0 Å². The van der Waals surface area contributed by atoms with Crippen molar-refractivity contribution in [1.29, 1.82) is 0 Å². The van der Waals surface area contributed by atoms with Gasteiger partial charge < -0.3 is 5.32 Å². The van der Waals surface area contributed by atoms with Crippen LogP contribution in [-0.2, 0) is 6.42 Å². The number of nitrogens with one attached hydrogen (secondary N) is 1. The molecular formula is C11H19N3. The number of rotatable bonds is 6. The van der Waals surface area contributed by atoms with Gasteiger partial charge in [0.25, 0.3) is 0 Å². The first-order valence-corrected chi connectivity index (χ1v) is 5.41. The molecule has 0 unspecified atom stereocenters. The molecule has 0 saturated carbocycles. The highest BCUT2D eigenvalue weighted by molar-refractivity contribution is 5.34. The summed E-state index contributed by atoms with van der Waals surface area (Å²) in [5.41, 5.74) is 1.13. The number of aromatic nitrogens is 2. The van der Waals surface area contributed by atoms with Gasteiger partial charge in [-0.05, 0) is 12.8 Å². The van der Waals surface area contributed by atoms with E-state index in [-0.39, 0.29) is 0 Å². The van der Waals surface area contributed by atoms with Gasteiger partial charge in [0, 0.05) is 18.3 Å². The summed E-state index contributed by atoms with van der Waals surface area (Å²) < 4.78 is 0. The second-order valence-electron chi connectivity index (χ2n) is 3.42. The Balaban J connectivity index is 2.46. The highest BCUT2D eigenvalue weighted by Crippen LogP contribution is 2.05. The normalized spacial score (nSPS) is 10.1. The molecule has 0 aliphatic heterocycles. The van der Waals surface area contributed by atoms with Gasteiger partial charge in [0.15, 0.2) is 0 Å². The van der Waals surface area contributed by atoms with E-state index >= 15 is 0 Å². The predicted molar refractivity (Wildman–Crippen MR) is 59.4 cm³/mol. The molecule has 0 aliphatic rings. The second kappa shape index (κ2) is 6.35. The molecule has 1 heterocycles. The standard InChI is InChI=1S/C11H19N3/c1-3-5-7-12-11-8-10(6-4-2)13-9-14-11/h8-9H,3-7H2,1-2H3,(H,12,13,14). The molecule has 14 heavy (non-hydrogen) atoms. The summed E-state index contributed by atoms with van der Waals surface area (Å²) in [7, 11) is 0. The third-order valence-corrected chi connectivity index (χ3v) is 2.07. The Hall–Kier alpha value is -1.12. The Morgan fingerprint density at radius 1 is 1.21 bits per heavy atom. The largest absolute Gasteiger partial charge is 0.370 e. The molecule has 0 atom stereocenters. The van der Waals surface area contributed by atoms with E-state index in [4.69, 9.17) is 0 Å². The lowest BCUT2D eigenvalue weighted by molar-refractivity contribution is 0.826. The molecule has 1 N–H and O–H groups in total. The van der Waals surface area contributed by atoms with E-state index in [1.165, 1.54) is 12.8 Å². The number of nitrogens with zero attached hydrogens (tertiary/aromatic N) is 2. The molecule has 78 valence electrons. The van der Waals surface area contributed by atoms with Crippen molar-refractivity contribution >= 4 is 5.82 Å². The van der Waals surface area contributed by atoms with Crippen LogP contribution < -0.4 is 5.32 Å². The van der Waals surface area contributed by atoms with Gasteiger partial charge in [0.05, 0.1) is 0 Å². The van der Waals surface area contributed by atoms with E-state index in [2.05, 4.69) is 29.1 Å². The van der Waals surface area contributed by atoms with Crippen molar-refractivity contribution in [1.82, 2.24) is 9.97 Å². The van der Waals surface area contributed by atoms with Crippen LogP contribution in [0.25, 0.3) is 0 Å². The lowest BCUT2D eigenvalue weighted by Gasteiger charge is -2.05. The van der Waals surface area contributed by atoms with Gasteiger partial charge in [0.1, 0.15) is 12.1 Å². The minimum Gasteiger partial charge on any atom is -0.370 e. The average molecular weight is 193 g/mol. The van der Waals surface area contributed by atoms with Crippen LogP contribution in [0.1, 0.15) is 38.8 Å². The number of hydrogen-bond donors (Lipinski definition) is 1. The topological polar surface area (TPSA) is 37.8 Å². The SMILES string of the molecule is CCCCNc1cc(CCC)ncn1. The molecule has 3 heteroatoms. The van der Waals surface area contributed by atoms with E-state index < -0.39 is 0 Å². The monoisotopic (exact) mass is 193 g/mol. The molecule has 0 aromatic carbocycles. The zero-order valence-electron chi connectivity index (χ0n) is 9.08. The summed E-state index contributed by atoms with van der Waals surface area (Å²) >= 11 is 0. The summed E-state index contributed by atoms with van der Waals surface area (Å²) in [6.07, 6.45) is 6.20. The van der Waals surface area contributed by atoms with Crippen molar-refractivity contribution in [3.05, 3.63) is 18.1 Å². The first-order valence-electron chi connectivity index (χ1n) is 5.41. The summed E-state index contributed by atoms with van der Waals surface area (Å²) in [6.45, 7) is 5.34. The third kappa shape index (κ3) is 3.73. The minimum atomic E-state index is 0.955. The van der Waals surface area contributed by atoms with Crippen molar-refractivity contribution in [2.24, 2.45) is 0 Å². The smallest absolute Gasteiger partial charge is 0.129 e. The molecule has 1 aromatic rings. The van der Waals surface area contributed by atoms with Crippen molar-refractivity contribution < 1.29 is 0 Å². The van der Waals surface area contributed by atoms with Gasteiger partial charge in [-0.1, -0.05) is 26.7 Å². The van der Waals surface area contributed by atoms with Crippen LogP contribution in [0.4, 0.5) is 5.82 Å². The van der Waals surface area contributed by atoms with Crippen molar-refractivity contribution in [3.63, 3.8) is 0 Å². The van der Waals surface area contributed by atoms with Gasteiger partial charge >= 0.3 is 0 Å². The first kappa shape index (κ1) is 11.0. The Kier molecular flexibility index (Phi) is 4.97. The van der Waals surface area contributed by atoms with Crippen molar-refractivity contribution in [2.45, 2.75) is 39.5 Å². The molecule has 1 rings (SSSR count). The van der Waals surface area contributed by atoms with E-state index in [9.17, 15) is 0 Å². The van der Waals surface area contributed by atoms with Crippen LogP contribution in [0.15, 0.2) is 12.4 Å². The molecule has 1 aromatic heterocycles. The summed E-state index contributed by atoms with van der Waals surface area (Å²) in [5, 5.41) is 3.29. The zero-order valence-corrected chi connectivity index (χ0v) is 9.08. The molecule has 0 saturated heterocycles. The van der Waals surface area contributed by atoms with E-state index in [1.54, 1.807) is 6.33 Å². The molecular weight excluding hydrogens is 174 g/mol. The summed E-state index contributed by atoms with van der Waals surface area (Å²) in [5.74, 6) is 0.955. The Labute approximate surface area is 86.0 Å². The van der Waals surface area contributed by atoms with Crippen molar-refractivity contribution in [3.8, 4) is 0 Å². The average Bonchev–Trinajstić information content (AvgIpc) is 2.19. The predicted octanol–water partition coefficient (Wildman–Crippen LogP) is 2.64. The Morgan fingerprint density at radius 3 is 2.79 bits per heavy atom. The molecule has 3 nitrogen and oxygen atoms in total. The fourth-order valence-electron chi connectivity index (χ4n) is 1.28. The maximum absolute atomic E-state index is 4.21. The van der Waals surface area contributed by atoms with Gasteiger partial charge in [-0.15, -0.1) is 0 Å². The molecule has 0 bridgehead atoms. The number of anilines is 1.